The number of aliphatic hydroxyl groups is 2. The number of carbonyl (C=O) groups excluding carboxylic acids is 1. The first-order valence-electron chi connectivity index (χ1n) is 5.34. The smallest absolute Gasteiger partial charge is 0.422 e. The van der Waals surface area contributed by atoms with Crippen LogP contribution >= 0.6 is 0 Å². The van der Waals surface area contributed by atoms with Crippen molar-refractivity contribution in [2.75, 3.05) is 13.7 Å². The number of methoxy groups -OCH3 is 1. The molecule has 1 aromatic rings. The summed E-state index contributed by atoms with van der Waals surface area (Å²) in [6.07, 6.45) is -6.92. The lowest BCUT2D eigenvalue weighted by atomic mass is 10.1. The lowest BCUT2D eigenvalue weighted by molar-refractivity contribution is -0.157. The van der Waals surface area contributed by atoms with Crippen molar-refractivity contribution in [3.8, 4) is 5.88 Å². The van der Waals surface area contributed by atoms with Crippen molar-refractivity contribution in [1.29, 1.82) is 0 Å². The van der Waals surface area contributed by atoms with Crippen molar-refractivity contribution in [2.45, 2.75) is 18.4 Å². The molecule has 1 rings (SSSR count). The van der Waals surface area contributed by atoms with Gasteiger partial charge in [0.05, 0.1) is 7.11 Å². The number of rotatable bonds is 5. The van der Waals surface area contributed by atoms with Gasteiger partial charge >= 0.3 is 12.1 Å². The molecule has 0 saturated heterocycles. The summed E-state index contributed by atoms with van der Waals surface area (Å²) in [6.45, 7) is -1.49. The van der Waals surface area contributed by atoms with Gasteiger partial charge < -0.3 is 19.7 Å². The number of pyridine rings is 1. The van der Waals surface area contributed by atoms with Crippen molar-refractivity contribution < 1.29 is 37.7 Å². The minimum atomic E-state index is -4.49. The van der Waals surface area contributed by atoms with Crippen LogP contribution in [0.25, 0.3) is 0 Å². The fourth-order valence-electron chi connectivity index (χ4n) is 1.24. The number of carbonyl (C=O) groups is 1. The first-order valence-corrected chi connectivity index (χ1v) is 5.34. The molecule has 20 heavy (non-hydrogen) atoms. The molecule has 6 nitrogen and oxygen atoms in total. The number of aliphatic hydroxyl groups excluding tert-OH is 2. The van der Waals surface area contributed by atoms with E-state index < -0.39 is 31.0 Å². The Balaban J connectivity index is 2.68. The van der Waals surface area contributed by atoms with Crippen molar-refractivity contribution in [3.05, 3.63) is 23.9 Å². The van der Waals surface area contributed by atoms with Crippen LogP contribution in [0.15, 0.2) is 18.3 Å². The predicted molar refractivity (Wildman–Crippen MR) is 58.8 cm³/mol. The second-order valence-corrected chi connectivity index (χ2v) is 3.75. The van der Waals surface area contributed by atoms with Crippen LogP contribution in [0.4, 0.5) is 13.2 Å². The number of hydrogen-bond donors (Lipinski definition) is 2. The monoisotopic (exact) mass is 295 g/mol. The van der Waals surface area contributed by atoms with Gasteiger partial charge in [0.1, 0.15) is 6.10 Å². The molecule has 0 amide bonds. The van der Waals surface area contributed by atoms with Gasteiger partial charge in [-0.25, -0.2) is 9.78 Å². The van der Waals surface area contributed by atoms with Gasteiger partial charge in [-0.1, -0.05) is 0 Å². The van der Waals surface area contributed by atoms with Crippen LogP contribution in [0, 0.1) is 0 Å². The average molecular weight is 295 g/mol. The van der Waals surface area contributed by atoms with Gasteiger partial charge in [-0.15, -0.1) is 0 Å². The number of esters is 1. The van der Waals surface area contributed by atoms with Gasteiger partial charge in [0, 0.05) is 17.8 Å². The van der Waals surface area contributed by atoms with E-state index in [4.69, 9.17) is 0 Å². The second-order valence-electron chi connectivity index (χ2n) is 3.75. The van der Waals surface area contributed by atoms with Gasteiger partial charge in [-0.3, -0.25) is 0 Å². The van der Waals surface area contributed by atoms with Crippen LogP contribution in [-0.2, 0) is 9.53 Å². The number of alkyl halides is 3. The van der Waals surface area contributed by atoms with Crippen LogP contribution in [-0.4, -0.2) is 47.2 Å². The maximum atomic E-state index is 11.9. The summed E-state index contributed by atoms with van der Waals surface area (Å²) in [4.78, 5) is 14.5. The highest BCUT2D eigenvalue weighted by atomic mass is 19.4. The molecule has 0 aliphatic carbocycles. The zero-order chi connectivity index (χ0) is 15.3. The van der Waals surface area contributed by atoms with Crippen LogP contribution in [0.2, 0.25) is 0 Å². The van der Waals surface area contributed by atoms with E-state index in [0.717, 1.165) is 19.4 Å². The minimum Gasteiger partial charge on any atom is -0.468 e. The molecule has 1 aromatic heterocycles. The Morgan fingerprint density at radius 2 is 2.05 bits per heavy atom. The molecule has 2 N–H and O–H groups in total. The number of aromatic nitrogens is 1. The third-order valence-electron chi connectivity index (χ3n) is 2.23. The SMILES string of the molecule is COC(=O)C(O)C(O)c1ccc(OCC(F)(F)F)nc1. The largest absolute Gasteiger partial charge is 0.468 e. The molecule has 0 radical (unpaired) electrons. The molecular weight excluding hydrogens is 283 g/mol. The van der Waals surface area contributed by atoms with Crippen LogP contribution in [0.5, 0.6) is 5.88 Å². The third kappa shape index (κ3) is 4.67. The zero-order valence-electron chi connectivity index (χ0n) is 10.3. The Labute approximate surface area is 111 Å². The molecule has 0 aliphatic rings. The summed E-state index contributed by atoms with van der Waals surface area (Å²) in [5.74, 6) is -1.35. The Morgan fingerprint density at radius 3 is 2.50 bits per heavy atom. The van der Waals surface area contributed by atoms with Gasteiger partial charge in [0.25, 0.3) is 0 Å². The summed E-state index contributed by atoms with van der Waals surface area (Å²) in [6, 6.07) is 2.25. The standard InChI is InChI=1S/C11H12F3NO5/c1-19-10(18)9(17)8(16)6-2-3-7(15-4-6)20-5-11(12,13)14/h2-4,8-9,16-17H,5H2,1H3. The number of nitrogens with zero attached hydrogens (tertiary/aromatic N) is 1. The van der Waals surface area contributed by atoms with Crippen LogP contribution in [0.3, 0.4) is 0 Å². The van der Waals surface area contributed by atoms with Gasteiger partial charge in [0.15, 0.2) is 12.7 Å². The van der Waals surface area contributed by atoms with Crippen molar-refractivity contribution in [2.24, 2.45) is 0 Å². The first kappa shape index (κ1) is 16.2. The molecule has 0 aromatic carbocycles. The summed E-state index contributed by atoms with van der Waals surface area (Å²) < 4.78 is 44.3. The number of halogens is 3. The van der Waals surface area contributed by atoms with E-state index in [0.29, 0.717) is 0 Å². The quantitative estimate of drug-likeness (QED) is 0.773. The summed E-state index contributed by atoms with van der Waals surface area (Å²) in [5, 5.41) is 19.0. The maximum Gasteiger partial charge on any atom is 0.422 e. The van der Waals surface area contributed by atoms with Crippen molar-refractivity contribution in [1.82, 2.24) is 4.98 Å². The highest BCUT2D eigenvalue weighted by molar-refractivity contribution is 5.75. The lowest BCUT2D eigenvalue weighted by Crippen LogP contribution is -2.29. The summed E-state index contributed by atoms with van der Waals surface area (Å²) >= 11 is 0. The molecule has 2 atom stereocenters. The Hall–Kier alpha value is -1.87. The minimum absolute atomic E-state index is 0.0299. The fourth-order valence-corrected chi connectivity index (χ4v) is 1.24. The molecular formula is C11H12F3NO5. The molecule has 2 unspecified atom stereocenters. The van der Waals surface area contributed by atoms with E-state index in [9.17, 15) is 28.2 Å². The maximum absolute atomic E-state index is 11.9. The van der Waals surface area contributed by atoms with Gasteiger partial charge in [0.2, 0.25) is 5.88 Å². The van der Waals surface area contributed by atoms with Crippen molar-refractivity contribution in [3.63, 3.8) is 0 Å². The van der Waals surface area contributed by atoms with E-state index in [1.54, 1.807) is 0 Å². The molecule has 0 spiro atoms. The Kier molecular flexibility index (Phi) is 5.28. The summed E-state index contributed by atoms with van der Waals surface area (Å²) in [7, 11) is 1.03. The first-order chi connectivity index (χ1) is 9.24. The highest BCUT2D eigenvalue weighted by Crippen LogP contribution is 2.20. The van der Waals surface area contributed by atoms with E-state index in [-0.39, 0.29) is 11.4 Å². The second kappa shape index (κ2) is 6.53. The molecule has 0 bridgehead atoms. The van der Waals surface area contributed by atoms with Gasteiger partial charge in [-0.05, 0) is 6.07 Å². The van der Waals surface area contributed by atoms with E-state index in [1.165, 1.54) is 6.07 Å². The fraction of sp³-hybridized carbons (Fsp3) is 0.455. The predicted octanol–water partition coefficient (Wildman–Crippen LogP) is 0.590. The molecule has 1 heterocycles. The Morgan fingerprint density at radius 1 is 1.40 bits per heavy atom. The highest BCUT2D eigenvalue weighted by Gasteiger charge is 2.29. The Bertz CT molecular complexity index is 448. The number of hydrogen-bond acceptors (Lipinski definition) is 6. The average Bonchev–Trinajstić information content (AvgIpc) is 2.42. The van der Waals surface area contributed by atoms with Gasteiger partial charge in [-0.2, -0.15) is 13.2 Å². The normalized spacial score (nSPS) is 14.5. The molecule has 0 fully saturated rings. The summed E-state index contributed by atoms with van der Waals surface area (Å²) in [5.41, 5.74) is 0.0299. The number of ether oxygens (including phenoxy) is 2. The topological polar surface area (TPSA) is 88.9 Å². The van der Waals surface area contributed by atoms with Crippen LogP contribution < -0.4 is 4.74 Å². The van der Waals surface area contributed by atoms with Crippen LogP contribution in [0.1, 0.15) is 11.7 Å². The molecule has 0 saturated carbocycles. The zero-order valence-corrected chi connectivity index (χ0v) is 10.3. The lowest BCUT2D eigenvalue weighted by Gasteiger charge is -2.16. The molecule has 112 valence electrons. The van der Waals surface area contributed by atoms with E-state index in [1.807, 2.05) is 0 Å². The van der Waals surface area contributed by atoms with Crippen molar-refractivity contribution >= 4 is 5.97 Å². The third-order valence-corrected chi connectivity index (χ3v) is 2.23. The van der Waals surface area contributed by atoms with E-state index >= 15 is 0 Å². The van der Waals surface area contributed by atoms with E-state index in [2.05, 4.69) is 14.5 Å². The molecule has 9 heteroatoms. The molecule has 0 aliphatic heterocycles.